The van der Waals surface area contributed by atoms with Gasteiger partial charge in [-0.2, -0.15) is 13.2 Å². The maximum Gasteiger partial charge on any atom is 0.417 e. The maximum atomic E-state index is 15.4. The molecule has 0 radical (unpaired) electrons. The van der Waals surface area contributed by atoms with E-state index < -0.39 is 40.8 Å². The van der Waals surface area contributed by atoms with Crippen molar-refractivity contribution in [2.24, 2.45) is 7.05 Å². The normalized spacial score (nSPS) is 15.7. The molecule has 52 heavy (non-hydrogen) atoms. The van der Waals surface area contributed by atoms with Gasteiger partial charge in [-0.05, 0) is 55.2 Å². The van der Waals surface area contributed by atoms with E-state index in [9.17, 15) is 22.8 Å². The minimum absolute atomic E-state index is 0.0185. The lowest BCUT2D eigenvalue weighted by Crippen LogP contribution is -2.46. The van der Waals surface area contributed by atoms with Gasteiger partial charge in [-0.15, -0.1) is 0 Å². The zero-order valence-electron chi connectivity index (χ0n) is 28.8. The molecule has 14 heteroatoms. The smallest absolute Gasteiger partial charge is 0.383 e. The lowest BCUT2D eigenvalue weighted by atomic mass is 9.92. The Bertz CT molecular complexity index is 2230. The summed E-state index contributed by atoms with van der Waals surface area (Å²) in [5.74, 6) is -3.81. The first-order valence-corrected chi connectivity index (χ1v) is 17.0. The Labute approximate surface area is 296 Å². The molecule has 7 rings (SSSR count). The van der Waals surface area contributed by atoms with Crippen LogP contribution in [0.3, 0.4) is 0 Å². The molecule has 0 unspecified atom stereocenters. The van der Waals surface area contributed by atoms with E-state index in [4.69, 9.17) is 4.74 Å². The van der Waals surface area contributed by atoms with Crippen LogP contribution >= 0.6 is 0 Å². The average molecular weight is 721 g/mol. The second-order valence-corrected chi connectivity index (χ2v) is 13.6. The number of halogens is 5. The Morgan fingerprint density at radius 1 is 1.08 bits per heavy atom. The first kappa shape index (κ1) is 35.3. The summed E-state index contributed by atoms with van der Waals surface area (Å²) >= 11 is 0. The second kappa shape index (κ2) is 13.5. The molecular formula is C38H37F5N6O3. The Morgan fingerprint density at radius 2 is 1.81 bits per heavy atom. The van der Waals surface area contributed by atoms with E-state index in [1.54, 1.807) is 50.5 Å². The van der Waals surface area contributed by atoms with Gasteiger partial charge in [0.1, 0.15) is 22.8 Å². The van der Waals surface area contributed by atoms with Crippen molar-refractivity contribution in [1.82, 2.24) is 19.3 Å². The van der Waals surface area contributed by atoms with E-state index in [0.29, 0.717) is 53.9 Å². The van der Waals surface area contributed by atoms with Gasteiger partial charge in [-0.3, -0.25) is 9.59 Å². The minimum Gasteiger partial charge on any atom is -0.383 e. The molecule has 0 saturated heterocycles. The van der Waals surface area contributed by atoms with Crippen molar-refractivity contribution in [2.75, 3.05) is 44.1 Å². The van der Waals surface area contributed by atoms with Gasteiger partial charge < -0.3 is 29.2 Å². The third-order valence-corrected chi connectivity index (χ3v) is 10.2. The van der Waals surface area contributed by atoms with Crippen LogP contribution in [-0.2, 0) is 29.2 Å². The molecule has 4 heterocycles. The van der Waals surface area contributed by atoms with E-state index in [2.05, 4.69) is 15.6 Å². The fourth-order valence-corrected chi connectivity index (χ4v) is 7.70. The molecule has 3 aromatic heterocycles. The molecule has 2 aliphatic rings. The first-order valence-electron chi connectivity index (χ1n) is 17.0. The number of hydrogen-bond acceptors (Lipinski definition) is 6. The first-order chi connectivity index (χ1) is 24.8. The number of amides is 1. The molecule has 1 amide bonds. The van der Waals surface area contributed by atoms with E-state index in [0.717, 1.165) is 43.9 Å². The number of carbonyl (C=O) groups excluding carboxylic acids is 2. The summed E-state index contributed by atoms with van der Waals surface area (Å²) in [7, 11) is 4.97. The number of fused-ring (bicyclic) bond motifs is 4. The van der Waals surface area contributed by atoms with Crippen LogP contribution in [0.15, 0.2) is 61.1 Å². The molecule has 9 nitrogen and oxygen atoms in total. The highest BCUT2D eigenvalue weighted by Crippen LogP contribution is 2.48. The van der Waals surface area contributed by atoms with Crippen molar-refractivity contribution >= 4 is 39.6 Å². The van der Waals surface area contributed by atoms with Crippen LogP contribution in [0, 0.1) is 11.6 Å². The van der Waals surface area contributed by atoms with Crippen LogP contribution in [0.2, 0.25) is 0 Å². The lowest BCUT2D eigenvalue weighted by Gasteiger charge is -2.29. The van der Waals surface area contributed by atoms with Crippen molar-refractivity contribution in [3.63, 3.8) is 0 Å². The number of hydrogen-bond donors (Lipinski definition) is 2. The highest BCUT2D eigenvalue weighted by atomic mass is 19.4. The molecule has 0 bridgehead atoms. The summed E-state index contributed by atoms with van der Waals surface area (Å²) < 4.78 is 83.3. The molecule has 272 valence electrons. The SMILES string of the molecule is COCC1(NC/C=C/C(=O)Nc2c(F)cc(C(=O)c3cc4c5c(cccn35)-c3c(C(F)(F)F)cc5c(ncn5C)c3N(C)CC4)cc2F)CCCC1. The Kier molecular flexibility index (Phi) is 9.16. The average Bonchev–Trinajstić information content (AvgIpc) is 3.82. The Morgan fingerprint density at radius 3 is 2.50 bits per heavy atom. The number of benzene rings is 2. The van der Waals surface area contributed by atoms with Gasteiger partial charge in [0.05, 0.1) is 40.9 Å². The van der Waals surface area contributed by atoms with E-state index in [1.807, 2.05) is 0 Å². The summed E-state index contributed by atoms with van der Waals surface area (Å²) in [5.41, 5.74) is 0.161. The number of aromatic nitrogens is 3. The zero-order chi connectivity index (χ0) is 36.9. The monoisotopic (exact) mass is 720 g/mol. The summed E-state index contributed by atoms with van der Waals surface area (Å²) in [6.45, 7) is 1.20. The summed E-state index contributed by atoms with van der Waals surface area (Å²) in [6.07, 6.45) is 5.43. The maximum absolute atomic E-state index is 15.4. The number of ketones is 1. The number of aryl methyl sites for hydroxylation is 1. The predicted octanol–water partition coefficient (Wildman–Crippen LogP) is 7.06. The fourth-order valence-electron chi connectivity index (χ4n) is 7.70. The molecule has 0 atom stereocenters. The molecule has 1 saturated carbocycles. The minimum atomic E-state index is -4.72. The van der Waals surface area contributed by atoms with Crippen molar-refractivity contribution in [2.45, 2.75) is 43.8 Å². The molecule has 5 aromatic rings. The summed E-state index contributed by atoms with van der Waals surface area (Å²) in [5, 5.41) is 5.61. The molecule has 1 aliphatic heterocycles. The van der Waals surface area contributed by atoms with Crippen molar-refractivity contribution in [3.05, 3.63) is 95.1 Å². The van der Waals surface area contributed by atoms with Crippen molar-refractivity contribution in [1.29, 1.82) is 0 Å². The summed E-state index contributed by atoms with van der Waals surface area (Å²) in [4.78, 5) is 32.7. The molecule has 2 N–H and O–H groups in total. The van der Waals surface area contributed by atoms with Gasteiger partial charge >= 0.3 is 6.18 Å². The van der Waals surface area contributed by atoms with Crippen LogP contribution in [0.1, 0.15) is 52.9 Å². The van der Waals surface area contributed by atoms with E-state index in [1.165, 1.54) is 27.4 Å². The van der Waals surface area contributed by atoms with E-state index >= 15 is 8.78 Å². The third kappa shape index (κ3) is 6.23. The highest BCUT2D eigenvalue weighted by molar-refractivity contribution is 6.11. The second-order valence-electron chi connectivity index (χ2n) is 13.6. The molecular weight excluding hydrogens is 683 g/mol. The molecule has 2 aromatic carbocycles. The number of imidazole rings is 1. The van der Waals surface area contributed by atoms with Gasteiger partial charge in [0.15, 0.2) is 0 Å². The van der Waals surface area contributed by atoms with Crippen molar-refractivity contribution in [3.8, 4) is 11.1 Å². The number of carbonyl (C=O) groups is 2. The molecule has 0 spiro atoms. The number of alkyl halides is 3. The van der Waals surface area contributed by atoms with Gasteiger partial charge in [-0.1, -0.05) is 25.0 Å². The largest absolute Gasteiger partial charge is 0.417 e. The number of methoxy groups -OCH3 is 1. The number of nitrogens with zero attached hydrogens (tertiary/aromatic N) is 4. The predicted molar refractivity (Wildman–Crippen MR) is 188 cm³/mol. The molecule has 1 aliphatic carbocycles. The Balaban J connectivity index is 1.20. The standard InChI is InChI=1S/C38H37F5N6O3/c1-47-15-10-22-18-29(49-14-7-8-24(34(22)49)31-25(38(41,42)43)19-28-33(35(31)47)44-21-48(28)2)36(51)23-16-26(39)32(27(40)17-23)46-30(50)9-6-13-45-37(20-52-3)11-4-5-12-37/h6-9,14,16-19,21,45H,4-5,10-13,15,20H2,1-3H3,(H,46,50)/b9-6+. The van der Waals surface area contributed by atoms with Gasteiger partial charge in [0, 0.05) is 68.8 Å². The third-order valence-electron chi connectivity index (χ3n) is 10.2. The molecule has 1 fully saturated rings. The number of nitrogens with one attached hydrogen (secondary N) is 2. The van der Waals surface area contributed by atoms with Crippen LogP contribution in [0.4, 0.5) is 33.3 Å². The fraction of sp³-hybridized carbons (Fsp3) is 0.342. The number of ether oxygens (including phenoxy) is 1. The van der Waals surface area contributed by atoms with Crippen LogP contribution in [0.5, 0.6) is 0 Å². The summed E-state index contributed by atoms with van der Waals surface area (Å²) in [6, 6.07) is 7.42. The van der Waals surface area contributed by atoms with Gasteiger partial charge in [-0.25, -0.2) is 13.8 Å². The number of anilines is 2. The van der Waals surface area contributed by atoms with Crippen LogP contribution < -0.4 is 15.5 Å². The van der Waals surface area contributed by atoms with E-state index in [-0.39, 0.29) is 27.9 Å². The van der Waals surface area contributed by atoms with Crippen molar-refractivity contribution < 1.29 is 36.3 Å². The van der Waals surface area contributed by atoms with Crippen LogP contribution in [-0.4, -0.2) is 65.0 Å². The zero-order valence-corrected chi connectivity index (χ0v) is 28.8. The number of rotatable bonds is 9. The highest BCUT2D eigenvalue weighted by Gasteiger charge is 2.39. The number of pyridine rings is 1. The van der Waals surface area contributed by atoms with Gasteiger partial charge in [0.25, 0.3) is 0 Å². The topological polar surface area (TPSA) is 92.9 Å². The quantitative estimate of drug-likeness (QED) is 0.0964. The Hall–Kier alpha value is -5.08. The van der Waals surface area contributed by atoms with Gasteiger partial charge in [0.2, 0.25) is 11.7 Å². The van der Waals surface area contributed by atoms with Crippen LogP contribution in [0.25, 0.3) is 27.7 Å². The lowest BCUT2D eigenvalue weighted by molar-refractivity contribution is -0.137. The number of likely N-dealkylation sites (N-methyl/N-ethyl adjacent to an activating group) is 1.